The number of nitrogens with one attached hydrogen (secondary N) is 1. The standard InChI is InChI=1S/C23H22N2O10/c26-17(13-34-15-7-3-1-4-8-15)24-19-20(28)25(21(29)23(30)31)22(19)33-12-11-32-18(27)14-35-16-9-5-2-6-10-16/h1-10,19,22H,11-14H2,(H,24,26)(H,30,31)/t19-,22-/m1/s1. The maximum atomic E-state index is 12.3. The molecule has 1 heterocycles. The molecule has 0 radical (unpaired) electrons. The number of rotatable bonds is 11. The number of carbonyl (C=O) groups excluding carboxylic acids is 4. The van der Waals surface area contributed by atoms with Gasteiger partial charge in [0.05, 0.1) is 6.61 Å². The Kier molecular flexibility index (Phi) is 8.73. The number of esters is 1. The zero-order valence-electron chi connectivity index (χ0n) is 18.3. The smallest absolute Gasteiger partial charge is 0.395 e. The van der Waals surface area contributed by atoms with Crippen LogP contribution in [-0.4, -0.2) is 78.4 Å². The summed E-state index contributed by atoms with van der Waals surface area (Å²) in [4.78, 5) is 59.5. The molecule has 1 fully saturated rings. The first-order chi connectivity index (χ1) is 16.9. The number of nitrogens with zero attached hydrogens (tertiary/aromatic N) is 1. The van der Waals surface area contributed by atoms with Crippen LogP contribution in [0.15, 0.2) is 60.7 Å². The fourth-order valence-corrected chi connectivity index (χ4v) is 2.99. The van der Waals surface area contributed by atoms with Crippen molar-refractivity contribution in [3.05, 3.63) is 60.7 Å². The highest BCUT2D eigenvalue weighted by molar-refractivity contribution is 6.35. The van der Waals surface area contributed by atoms with Crippen molar-refractivity contribution in [2.45, 2.75) is 12.3 Å². The minimum Gasteiger partial charge on any atom is -0.484 e. The quantitative estimate of drug-likeness (QED) is 0.191. The van der Waals surface area contributed by atoms with Crippen LogP contribution in [0.1, 0.15) is 0 Å². The maximum Gasteiger partial charge on any atom is 0.395 e. The molecule has 184 valence electrons. The Morgan fingerprint density at radius 2 is 1.43 bits per heavy atom. The third-order valence-corrected chi connectivity index (χ3v) is 4.61. The fourth-order valence-electron chi connectivity index (χ4n) is 2.99. The highest BCUT2D eigenvalue weighted by Crippen LogP contribution is 2.22. The van der Waals surface area contributed by atoms with Gasteiger partial charge in [-0.15, -0.1) is 0 Å². The van der Waals surface area contributed by atoms with Crippen LogP contribution >= 0.6 is 0 Å². The molecule has 1 saturated heterocycles. The van der Waals surface area contributed by atoms with Crippen molar-refractivity contribution < 1.29 is 48.0 Å². The molecule has 0 spiro atoms. The van der Waals surface area contributed by atoms with Crippen LogP contribution in [-0.2, 0) is 33.4 Å². The molecule has 0 unspecified atom stereocenters. The van der Waals surface area contributed by atoms with E-state index in [1.807, 2.05) is 0 Å². The molecule has 0 bridgehead atoms. The van der Waals surface area contributed by atoms with E-state index in [0.29, 0.717) is 16.4 Å². The number of aliphatic carboxylic acids is 1. The van der Waals surface area contributed by atoms with Gasteiger partial charge in [0.2, 0.25) is 0 Å². The fraction of sp³-hybridized carbons (Fsp3) is 0.261. The number of likely N-dealkylation sites (tertiary alicyclic amines) is 1. The number of β-lactam (4-membered cyclic amide) rings is 1. The number of amides is 3. The van der Waals surface area contributed by atoms with E-state index >= 15 is 0 Å². The second-order valence-electron chi connectivity index (χ2n) is 7.05. The molecule has 35 heavy (non-hydrogen) atoms. The number of benzene rings is 2. The van der Waals surface area contributed by atoms with E-state index in [0.717, 1.165) is 0 Å². The summed E-state index contributed by atoms with van der Waals surface area (Å²) in [6.07, 6.45) is -1.40. The summed E-state index contributed by atoms with van der Waals surface area (Å²) < 4.78 is 20.9. The summed E-state index contributed by atoms with van der Waals surface area (Å²) in [6.45, 7) is -1.33. The molecule has 12 heteroatoms. The zero-order chi connectivity index (χ0) is 25.2. The minimum absolute atomic E-state index is 0.269. The molecule has 2 N–H and O–H groups in total. The summed E-state index contributed by atoms with van der Waals surface area (Å²) in [7, 11) is 0. The van der Waals surface area contributed by atoms with Gasteiger partial charge in [-0.3, -0.25) is 14.4 Å². The average Bonchev–Trinajstić information content (AvgIpc) is 2.87. The van der Waals surface area contributed by atoms with Gasteiger partial charge in [-0.1, -0.05) is 36.4 Å². The molecular formula is C23H22N2O10. The van der Waals surface area contributed by atoms with Gasteiger partial charge in [0.1, 0.15) is 18.1 Å². The predicted octanol–water partition coefficient (Wildman–Crippen LogP) is -0.0315. The Morgan fingerprint density at radius 1 is 0.857 bits per heavy atom. The van der Waals surface area contributed by atoms with Gasteiger partial charge in [0, 0.05) is 0 Å². The van der Waals surface area contributed by atoms with E-state index < -0.39 is 48.5 Å². The third-order valence-electron chi connectivity index (χ3n) is 4.61. The van der Waals surface area contributed by atoms with Crippen molar-refractivity contribution >= 4 is 29.7 Å². The van der Waals surface area contributed by atoms with Crippen LogP contribution in [0.2, 0.25) is 0 Å². The second kappa shape index (κ2) is 12.1. The van der Waals surface area contributed by atoms with Gasteiger partial charge >= 0.3 is 17.8 Å². The molecule has 12 nitrogen and oxygen atoms in total. The zero-order valence-corrected chi connectivity index (χ0v) is 18.3. The van der Waals surface area contributed by atoms with Crippen LogP contribution in [0.4, 0.5) is 0 Å². The van der Waals surface area contributed by atoms with Gasteiger partial charge in [-0.25, -0.2) is 14.5 Å². The molecule has 1 aliphatic rings. The van der Waals surface area contributed by atoms with Crippen LogP contribution in [0.25, 0.3) is 0 Å². The SMILES string of the molecule is O=C(COc1ccccc1)N[C@@H]1C(=O)N(C(=O)C(=O)O)[C@@H]1OCCOC(=O)COc1ccccc1. The lowest BCUT2D eigenvalue weighted by Gasteiger charge is -2.43. The monoisotopic (exact) mass is 486 g/mol. The summed E-state index contributed by atoms with van der Waals surface area (Å²) in [5, 5.41) is 11.3. The van der Waals surface area contributed by atoms with Crippen LogP contribution in [0.3, 0.4) is 0 Å². The van der Waals surface area contributed by atoms with Gasteiger partial charge in [-0.05, 0) is 24.3 Å². The molecule has 0 saturated carbocycles. The normalized spacial score (nSPS) is 16.6. The third kappa shape index (κ3) is 7.01. The Bertz CT molecular complexity index is 1060. The Morgan fingerprint density at radius 3 is 2.00 bits per heavy atom. The van der Waals surface area contributed by atoms with E-state index in [1.54, 1.807) is 60.7 Å². The highest BCUT2D eigenvalue weighted by Gasteiger charge is 2.54. The Balaban J connectivity index is 1.47. The Labute approximate surface area is 199 Å². The number of hydrogen-bond acceptors (Lipinski definition) is 9. The molecule has 0 aromatic heterocycles. The first kappa shape index (κ1) is 25.2. The van der Waals surface area contributed by atoms with Crippen molar-refractivity contribution in [3.63, 3.8) is 0 Å². The number of para-hydroxylation sites is 2. The largest absolute Gasteiger partial charge is 0.484 e. The van der Waals surface area contributed by atoms with Crippen LogP contribution in [0.5, 0.6) is 11.5 Å². The summed E-state index contributed by atoms with van der Waals surface area (Å²) in [5.74, 6) is -4.81. The van der Waals surface area contributed by atoms with Gasteiger partial charge in [-0.2, -0.15) is 0 Å². The minimum atomic E-state index is -1.87. The van der Waals surface area contributed by atoms with Crippen molar-refractivity contribution in [3.8, 4) is 11.5 Å². The molecule has 3 amide bonds. The van der Waals surface area contributed by atoms with Crippen LogP contribution in [0, 0.1) is 0 Å². The maximum absolute atomic E-state index is 12.3. The lowest BCUT2D eigenvalue weighted by atomic mass is 10.0. The number of imide groups is 1. The topological polar surface area (TPSA) is 158 Å². The molecule has 1 aliphatic heterocycles. The lowest BCUT2D eigenvalue weighted by Crippen LogP contribution is -2.74. The van der Waals surface area contributed by atoms with E-state index in [9.17, 15) is 24.0 Å². The molecule has 2 atom stereocenters. The van der Waals surface area contributed by atoms with Gasteiger partial charge in [0.15, 0.2) is 25.5 Å². The molecular weight excluding hydrogens is 464 g/mol. The van der Waals surface area contributed by atoms with E-state index in [4.69, 9.17) is 24.1 Å². The first-order valence-electron chi connectivity index (χ1n) is 10.4. The van der Waals surface area contributed by atoms with Crippen molar-refractivity contribution in [2.75, 3.05) is 26.4 Å². The Hall–Kier alpha value is -4.45. The van der Waals surface area contributed by atoms with Crippen molar-refractivity contribution in [1.82, 2.24) is 10.2 Å². The van der Waals surface area contributed by atoms with E-state index in [1.165, 1.54) is 0 Å². The molecule has 3 rings (SSSR count). The highest BCUT2D eigenvalue weighted by atomic mass is 16.6. The van der Waals surface area contributed by atoms with E-state index in [-0.39, 0.29) is 19.8 Å². The lowest BCUT2D eigenvalue weighted by molar-refractivity contribution is -0.196. The summed E-state index contributed by atoms with van der Waals surface area (Å²) in [6, 6.07) is 15.7. The number of hydrogen-bond donors (Lipinski definition) is 2. The average molecular weight is 486 g/mol. The van der Waals surface area contributed by atoms with Gasteiger partial charge < -0.3 is 29.4 Å². The molecule has 0 aliphatic carbocycles. The first-order valence-corrected chi connectivity index (χ1v) is 10.4. The second-order valence-corrected chi connectivity index (χ2v) is 7.05. The van der Waals surface area contributed by atoms with Crippen LogP contribution < -0.4 is 14.8 Å². The van der Waals surface area contributed by atoms with E-state index in [2.05, 4.69) is 5.32 Å². The molecule has 2 aromatic carbocycles. The summed E-state index contributed by atoms with van der Waals surface area (Å²) in [5.41, 5.74) is 0. The molecule has 2 aromatic rings. The van der Waals surface area contributed by atoms with Crippen molar-refractivity contribution in [1.29, 1.82) is 0 Å². The predicted molar refractivity (Wildman–Crippen MR) is 116 cm³/mol. The number of carbonyl (C=O) groups is 5. The van der Waals surface area contributed by atoms with Crippen molar-refractivity contribution in [2.24, 2.45) is 0 Å². The summed E-state index contributed by atoms with van der Waals surface area (Å²) >= 11 is 0. The van der Waals surface area contributed by atoms with Gasteiger partial charge in [0.25, 0.3) is 11.8 Å². The number of carboxylic acid groups (broad SMARTS) is 1. The number of carboxylic acids is 1. The number of ether oxygens (including phenoxy) is 4.